The van der Waals surface area contributed by atoms with Crippen molar-refractivity contribution in [2.75, 3.05) is 39.2 Å². The number of carbonyl (C=O) groups is 1. The first-order valence-corrected chi connectivity index (χ1v) is 7.29. The van der Waals surface area contributed by atoms with Crippen LogP contribution in [-0.4, -0.2) is 56.2 Å². The first-order valence-electron chi connectivity index (χ1n) is 6.10. The van der Waals surface area contributed by atoms with Gasteiger partial charge in [0.1, 0.15) is 0 Å². The van der Waals surface area contributed by atoms with E-state index in [9.17, 15) is 4.79 Å². The van der Waals surface area contributed by atoms with E-state index in [0.717, 1.165) is 18.2 Å². The van der Waals surface area contributed by atoms with Gasteiger partial charge in [-0.3, -0.25) is 0 Å². The third-order valence-electron chi connectivity index (χ3n) is 3.45. The lowest BCUT2D eigenvalue weighted by Gasteiger charge is -2.22. The van der Waals surface area contributed by atoms with Crippen LogP contribution in [0.2, 0.25) is 5.15 Å². The number of nitrogens with zero attached hydrogens (tertiary/aromatic N) is 3. The van der Waals surface area contributed by atoms with Crippen LogP contribution in [0.5, 0.6) is 0 Å². The van der Waals surface area contributed by atoms with E-state index in [0.29, 0.717) is 16.8 Å². The van der Waals surface area contributed by atoms with Crippen LogP contribution in [-0.2, 0) is 4.74 Å². The topological polar surface area (TPSA) is 45.7 Å². The Bertz CT molecular complexity index is 478. The van der Waals surface area contributed by atoms with Gasteiger partial charge in [0, 0.05) is 19.1 Å². The van der Waals surface area contributed by atoms with E-state index in [2.05, 4.69) is 35.8 Å². The van der Waals surface area contributed by atoms with Gasteiger partial charge < -0.3 is 14.5 Å². The fourth-order valence-electron chi connectivity index (χ4n) is 2.42. The predicted octanol–water partition coefficient (Wildman–Crippen LogP) is 1.97. The molecule has 0 bridgehead atoms. The summed E-state index contributed by atoms with van der Waals surface area (Å²) < 4.78 is 4.69. The molecule has 0 radical (unpaired) electrons. The highest BCUT2D eigenvalue weighted by atomic mass is 35.5. The summed E-state index contributed by atoms with van der Waals surface area (Å²) in [6.07, 6.45) is 0. The molecule has 19 heavy (non-hydrogen) atoms. The molecule has 2 unspecified atom stereocenters. The number of hydrogen-bond acceptors (Lipinski definition) is 6. The monoisotopic (exact) mass is 303 g/mol. The molecule has 2 rings (SSSR count). The molecule has 0 aromatic carbocycles. The maximum atomic E-state index is 11.5. The van der Waals surface area contributed by atoms with Crippen molar-refractivity contribution in [3.63, 3.8) is 0 Å². The van der Waals surface area contributed by atoms with E-state index in [1.807, 2.05) is 0 Å². The molecule has 2 atom stereocenters. The van der Waals surface area contributed by atoms with Gasteiger partial charge in [0.25, 0.3) is 0 Å². The van der Waals surface area contributed by atoms with E-state index in [1.54, 1.807) is 0 Å². The molecule has 1 aromatic heterocycles. The van der Waals surface area contributed by atoms with Crippen molar-refractivity contribution in [1.29, 1.82) is 0 Å². The van der Waals surface area contributed by atoms with Crippen molar-refractivity contribution >= 4 is 34.0 Å². The Balaban J connectivity index is 2.18. The molecule has 1 aliphatic heterocycles. The zero-order valence-electron chi connectivity index (χ0n) is 11.5. The van der Waals surface area contributed by atoms with Crippen LogP contribution >= 0.6 is 22.9 Å². The Morgan fingerprint density at radius 1 is 1.53 bits per heavy atom. The molecule has 106 valence electrons. The fraction of sp³-hybridized carbons (Fsp3) is 0.667. The smallest absolute Gasteiger partial charge is 0.351 e. The molecule has 0 N–H and O–H groups in total. The zero-order valence-corrected chi connectivity index (χ0v) is 13.1. The minimum absolute atomic E-state index is 0.229. The first-order chi connectivity index (χ1) is 8.93. The minimum Gasteiger partial charge on any atom is -0.465 e. The third kappa shape index (κ3) is 2.85. The van der Waals surface area contributed by atoms with Gasteiger partial charge in [-0.2, -0.15) is 0 Å². The number of rotatable bonds is 3. The number of methoxy groups -OCH3 is 1. The highest BCUT2D eigenvalue weighted by molar-refractivity contribution is 7.18. The van der Waals surface area contributed by atoms with Gasteiger partial charge in [-0.15, -0.1) is 0 Å². The van der Waals surface area contributed by atoms with Gasteiger partial charge >= 0.3 is 5.97 Å². The van der Waals surface area contributed by atoms with E-state index < -0.39 is 5.97 Å². The molecule has 2 heterocycles. The second-order valence-electron chi connectivity index (χ2n) is 5.02. The van der Waals surface area contributed by atoms with Crippen LogP contribution in [0.25, 0.3) is 0 Å². The largest absolute Gasteiger partial charge is 0.465 e. The Morgan fingerprint density at radius 2 is 2.21 bits per heavy atom. The molecule has 1 aliphatic rings. The average molecular weight is 304 g/mol. The number of ether oxygens (including phenoxy) is 1. The third-order valence-corrected chi connectivity index (χ3v) is 4.93. The van der Waals surface area contributed by atoms with Gasteiger partial charge in [0.2, 0.25) is 0 Å². The maximum absolute atomic E-state index is 11.5. The van der Waals surface area contributed by atoms with Crippen molar-refractivity contribution in [1.82, 2.24) is 9.88 Å². The Hall–Kier alpha value is -0.850. The van der Waals surface area contributed by atoms with Crippen molar-refractivity contribution in [2.45, 2.75) is 13.0 Å². The van der Waals surface area contributed by atoms with E-state index in [4.69, 9.17) is 16.3 Å². The normalized spacial score (nSPS) is 23.2. The molecule has 1 saturated heterocycles. The van der Waals surface area contributed by atoms with E-state index in [1.165, 1.54) is 18.4 Å². The molecule has 0 amide bonds. The standard InChI is InChI=1S/C12H18ClN3O2S/c1-7-5-16(6-8(7)15(2)3)12-14-10(13)9(19-12)11(17)18-4/h7-8H,5-6H2,1-4H3. The van der Waals surface area contributed by atoms with Crippen LogP contribution in [0.1, 0.15) is 16.6 Å². The molecule has 5 nitrogen and oxygen atoms in total. The van der Waals surface area contributed by atoms with Gasteiger partial charge in [0.05, 0.1) is 7.11 Å². The number of hydrogen-bond donors (Lipinski definition) is 0. The summed E-state index contributed by atoms with van der Waals surface area (Å²) in [4.78, 5) is 20.6. The SMILES string of the molecule is COC(=O)c1sc(N2CC(C)C(N(C)C)C2)nc1Cl. The summed E-state index contributed by atoms with van der Waals surface area (Å²) >= 11 is 7.29. The second-order valence-corrected chi connectivity index (χ2v) is 6.36. The molecule has 0 saturated carbocycles. The fourth-order valence-corrected chi connectivity index (χ4v) is 3.64. The van der Waals surface area contributed by atoms with Gasteiger partial charge in [-0.1, -0.05) is 29.9 Å². The minimum atomic E-state index is -0.426. The summed E-state index contributed by atoms with van der Waals surface area (Å²) in [5, 5.41) is 1.02. The van der Waals surface area contributed by atoms with E-state index in [-0.39, 0.29) is 5.15 Å². The van der Waals surface area contributed by atoms with E-state index >= 15 is 0 Å². The van der Waals surface area contributed by atoms with Crippen LogP contribution < -0.4 is 4.90 Å². The lowest BCUT2D eigenvalue weighted by molar-refractivity contribution is 0.0606. The summed E-state index contributed by atoms with van der Waals surface area (Å²) in [6.45, 7) is 4.05. The Kier molecular flexibility index (Phi) is 4.32. The van der Waals surface area contributed by atoms with Crippen molar-refractivity contribution in [3.8, 4) is 0 Å². The van der Waals surface area contributed by atoms with Gasteiger partial charge in [0.15, 0.2) is 15.2 Å². The quantitative estimate of drug-likeness (QED) is 0.799. The lowest BCUT2D eigenvalue weighted by atomic mass is 10.1. The summed E-state index contributed by atoms with van der Waals surface area (Å²) in [6, 6.07) is 0.490. The average Bonchev–Trinajstić information content (AvgIpc) is 2.91. The number of anilines is 1. The second kappa shape index (κ2) is 5.64. The van der Waals surface area contributed by atoms with Crippen molar-refractivity contribution in [2.24, 2.45) is 5.92 Å². The molecule has 0 aliphatic carbocycles. The lowest BCUT2D eigenvalue weighted by Crippen LogP contribution is -2.34. The number of likely N-dealkylation sites (N-methyl/N-ethyl adjacent to an activating group) is 1. The van der Waals surface area contributed by atoms with Crippen LogP contribution in [0.3, 0.4) is 0 Å². The highest BCUT2D eigenvalue weighted by Crippen LogP contribution is 2.33. The van der Waals surface area contributed by atoms with Gasteiger partial charge in [-0.05, 0) is 20.0 Å². The Labute approximate surface area is 122 Å². The molecule has 1 fully saturated rings. The van der Waals surface area contributed by atoms with Crippen LogP contribution in [0, 0.1) is 5.92 Å². The Morgan fingerprint density at radius 3 is 2.74 bits per heavy atom. The molecule has 1 aromatic rings. The predicted molar refractivity (Wildman–Crippen MR) is 77.3 cm³/mol. The first kappa shape index (κ1) is 14.6. The number of thiazole rings is 1. The summed E-state index contributed by atoms with van der Waals surface area (Å²) in [5.41, 5.74) is 0. The van der Waals surface area contributed by atoms with Crippen molar-refractivity contribution in [3.05, 3.63) is 10.0 Å². The molecule has 7 heteroatoms. The van der Waals surface area contributed by atoms with Crippen LogP contribution in [0.4, 0.5) is 5.13 Å². The maximum Gasteiger partial charge on any atom is 0.351 e. The number of aromatic nitrogens is 1. The van der Waals surface area contributed by atoms with Crippen LogP contribution in [0.15, 0.2) is 0 Å². The molecular weight excluding hydrogens is 286 g/mol. The van der Waals surface area contributed by atoms with Gasteiger partial charge in [-0.25, -0.2) is 9.78 Å². The number of halogens is 1. The summed E-state index contributed by atoms with van der Waals surface area (Å²) in [7, 11) is 5.51. The van der Waals surface area contributed by atoms with Crippen molar-refractivity contribution < 1.29 is 9.53 Å². The zero-order chi connectivity index (χ0) is 14.2. The highest BCUT2D eigenvalue weighted by Gasteiger charge is 2.33. The summed E-state index contributed by atoms with van der Waals surface area (Å²) in [5.74, 6) is 0.129. The molecular formula is C12H18ClN3O2S. The number of esters is 1. The molecule has 0 spiro atoms. The number of carbonyl (C=O) groups excluding carboxylic acids is 1.